The zero-order chi connectivity index (χ0) is 30.7. The van der Waals surface area contributed by atoms with Gasteiger partial charge in [-0.15, -0.1) is 0 Å². The third-order valence-electron chi connectivity index (χ3n) is 6.26. The molecule has 1 aliphatic rings. The van der Waals surface area contributed by atoms with E-state index in [9.17, 15) is 27.6 Å². The Morgan fingerprint density at radius 3 is 2.36 bits per heavy atom. The summed E-state index contributed by atoms with van der Waals surface area (Å²) in [6.45, 7) is 6.23. The van der Waals surface area contributed by atoms with Crippen LogP contribution in [0.3, 0.4) is 0 Å². The monoisotopic (exact) mass is 583 g/mol. The number of hydrazine groups is 1. The van der Waals surface area contributed by atoms with Crippen molar-refractivity contribution in [3.8, 4) is 16.9 Å². The van der Waals surface area contributed by atoms with Gasteiger partial charge in [-0.05, 0) is 82.0 Å². The van der Waals surface area contributed by atoms with Gasteiger partial charge in [0.15, 0.2) is 5.78 Å². The second kappa shape index (κ2) is 12.2. The second-order valence-corrected chi connectivity index (χ2v) is 10.9. The van der Waals surface area contributed by atoms with Crippen LogP contribution in [-0.4, -0.2) is 35.0 Å². The molecule has 8 nitrogen and oxygen atoms in total. The average Bonchev–Trinajstić information content (AvgIpc) is 3.76. The first-order valence-electron chi connectivity index (χ1n) is 13.5. The van der Waals surface area contributed by atoms with Gasteiger partial charge >= 0.3 is 12.3 Å². The Morgan fingerprint density at radius 1 is 1.00 bits per heavy atom. The van der Waals surface area contributed by atoms with E-state index in [1.807, 2.05) is 18.2 Å². The van der Waals surface area contributed by atoms with Crippen LogP contribution in [0.25, 0.3) is 11.1 Å². The van der Waals surface area contributed by atoms with Gasteiger partial charge in [0.05, 0.1) is 24.3 Å². The fourth-order valence-electron chi connectivity index (χ4n) is 4.20. The number of pyridine rings is 1. The van der Waals surface area contributed by atoms with E-state index in [4.69, 9.17) is 9.47 Å². The van der Waals surface area contributed by atoms with Crippen molar-refractivity contribution in [3.05, 3.63) is 77.6 Å². The van der Waals surface area contributed by atoms with Crippen molar-refractivity contribution in [1.29, 1.82) is 0 Å². The molecular weight excluding hydrogens is 551 g/mol. The maximum Gasteiger partial charge on any atom is 0.434 e. The van der Waals surface area contributed by atoms with Gasteiger partial charge < -0.3 is 9.47 Å². The lowest BCUT2D eigenvalue weighted by Crippen LogP contribution is -2.49. The second-order valence-electron chi connectivity index (χ2n) is 10.9. The number of aromatic nitrogens is 1. The fraction of sp³-hybridized carbons (Fsp3) is 0.355. The summed E-state index contributed by atoms with van der Waals surface area (Å²) in [4.78, 5) is 43.5. The molecule has 1 aromatic heterocycles. The standard InChI is InChI=1S/C31H32F3N3O5/c1-5-41-27-17-23(11-12-24(27)31(32,33)34)37(29(40)42-30(2,3)4)36-28(39)18-26(38)22-8-6-7-20(15-22)21-13-14-35-25(16-21)19-9-10-19/h6-8,11-17,19H,5,9-10,18H2,1-4H3,(H,36,39). The Kier molecular flexibility index (Phi) is 8.89. The lowest BCUT2D eigenvalue weighted by Gasteiger charge is -2.28. The molecule has 2 aromatic carbocycles. The van der Waals surface area contributed by atoms with Crippen LogP contribution in [0.4, 0.5) is 23.7 Å². The van der Waals surface area contributed by atoms with Crippen molar-refractivity contribution in [3.63, 3.8) is 0 Å². The molecule has 0 unspecified atom stereocenters. The molecule has 0 aliphatic heterocycles. The van der Waals surface area contributed by atoms with E-state index in [-0.39, 0.29) is 17.9 Å². The van der Waals surface area contributed by atoms with Crippen LogP contribution in [0.1, 0.15) is 74.5 Å². The van der Waals surface area contributed by atoms with Crippen molar-refractivity contribution < 1.29 is 37.0 Å². The van der Waals surface area contributed by atoms with Gasteiger partial charge in [-0.25, -0.2) is 4.79 Å². The van der Waals surface area contributed by atoms with Gasteiger partial charge in [0.2, 0.25) is 5.91 Å². The van der Waals surface area contributed by atoms with Crippen molar-refractivity contribution in [2.45, 2.75) is 64.7 Å². The number of hydrogen-bond acceptors (Lipinski definition) is 6. The highest BCUT2D eigenvalue weighted by atomic mass is 19.4. The number of carbonyl (C=O) groups is 3. The largest absolute Gasteiger partial charge is 0.493 e. The molecule has 222 valence electrons. The molecule has 1 saturated carbocycles. The molecule has 3 aromatic rings. The molecule has 0 atom stereocenters. The summed E-state index contributed by atoms with van der Waals surface area (Å²) in [7, 11) is 0. The van der Waals surface area contributed by atoms with Crippen molar-refractivity contribution in [2.75, 3.05) is 11.6 Å². The molecular formula is C31H32F3N3O5. The Morgan fingerprint density at radius 2 is 1.71 bits per heavy atom. The first-order chi connectivity index (χ1) is 19.7. The summed E-state index contributed by atoms with van der Waals surface area (Å²) < 4.78 is 51.0. The van der Waals surface area contributed by atoms with Crippen LogP contribution in [0, 0.1) is 0 Å². The summed E-state index contributed by atoms with van der Waals surface area (Å²) in [6.07, 6.45) is -2.47. The Balaban J connectivity index is 1.55. The topological polar surface area (TPSA) is 97.8 Å². The maximum absolute atomic E-state index is 13.5. The predicted molar refractivity (Wildman–Crippen MR) is 150 cm³/mol. The first-order valence-corrected chi connectivity index (χ1v) is 13.5. The minimum absolute atomic E-state index is 0.0692. The molecule has 1 N–H and O–H groups in total. The van der Waals surface area contributed by atoms with E-state index in [1.165, 1.54) is 6.92 Å². The van der Waals surface area contributed by atoms with Gasteiger partial charge in [0.1, 0.15) is 11.4 Å². The van der Waals surface area contributed by atoms with Gasteiger partial charge in [-0.2, -0.15) is 18.2 Å². The van der Waals surface area contributed by atoms with Crippen LogP contribution < -0.4 is 15.2 Å². The van der Waals surface area contributed by atoms with Crippen LogP contribution in [0.2, 0.25) is 0 Å². The zero-order valence-electron chi connectivity index (χ0n) is 23.7. The lowest BCUT2D eigenvalue weighted by molar-refractivity contribution is -0.139. The van der Waals surface area contributed by atoms with E-state index in [2.05, 4.69) is 10.4 Å². The minimum Gasteiger partial charge on any atom is -0.493 e. The molecule has 11 heteroatoms. The van der Waals surface area contributed by atoms with E-state index in [0.29, 0.717) is 10.9 Å². The molecule has 4 rings (SSSR count). The Hall–Kier alpha value is -4.41. The summed E-state index contributed by atoms with van der Waals surface area (Å²) in [5.41, 5.74) is 3.10. The number of alkyl halides is 3. The predicted octanol–water partition coefficient (Wildman–Crippen LogP) is 7.09. The normalized spacial score (nSPS) is 13.3. The highest BCUT2D eigenvalue weighted by Gasteiger charge is 2.36. The van der Waals surface area contributed by atoms with Crippen LogP contribution >= 0.6 is 0 Å². The van der Waals surface area contributed by atoms with Crippen LogP contribution in [0.5, 0.6) is 5.75 Å². The van der Waals surface area contributed by atoms with E-state index in [1.54, 1.807) is 45.2 Å². The number of rotatable bonds is 8. The number of benzene rings is 2. The summed E-state index contributed by atoms with van der Waals surface area (Å²) in [6, 6.07) is 13.4. The van der Waals surface area contributed by atoms with Gasteiger partial charge in [-0.3, -0.25) is 20.0 Å². The van der Waals surface area contributed by atoms with Crippen LogP contribution in [0.15, 0.2) is 60.8 Å². The fourth-order valence-corrected chi connectivity index (χ4v) is 4.20. The van der Waals surface area contributed by atoms with Gasteiger partial charge in [0.25, 0.3) is 0 Å². The van der Waals surface area contributed by atoms with Gasteiger partial charge in [-0.1, -0.05) is 18.2 Å². The maximum atomic E-state index is 13.5. The summed E-state index contributed by atoms with van der Waals surface area (Å²) >= 11 is 0. The quantitative estimate of drug-likeness (QED) is 0.173. The molecule has 2 amide bonds. The number of nitrogens with zero attached hydrogens (tertiary/aromatic N) is 2. The third-order valence-corrected chi connectivity index (χ3v) is 6.26. The van der Waals surface area contributed by atoms with Crippen molar-refractivity contribution in [1.82, 2.24) is 10.4 Å². The molecule has 0 bridgehead atoms. The number of halogens is 3. The Bertz CT molecular complexity index is 1480. The molecule has 1 heterocycles. The summed E-state index contributed by atoms with van der Waals surface area (Å²) in [5, 5.41) is 0.663. The molecule has 0 radical (unpaired) electrons. The molecule has 42 heavy (non-hydrogen) atoms. The molecule has 1 aliphatic carbocycles. The lowest BCUT2D eigenvalue weighted by atomic mass is 10.00. The molecule has 0 saturated heterocycles. The highest BCUT2D eigenvalue weighted by molar-refractivity contribution is 6.09. The number of ether oxygens (including phenoxy) is 2. The van der Waals surface area contributed by atoms with Crippen molar-refractivity contribution in [2.24, 2.45) is 0 Å². The summed E-state index contributed by atoms with van der Waals surface area (Å²) in [5.74, 6) is -1.45. The number of ketones is 1. The third kappa shape index (κ3) is 7.86. The molecule has 0 spiro atoms. The number of amides is 2. The number of carbonyl (C=O) groups excluding carboxylic acids is 3. The Labute approximate surface area is 241 Å². The number of anilines is 1. The number of nitrogens with one attached hydrogen (secondary N) is 1. The smallest absolute Gasteiger partial charge is 0.434 e. The van der Waals surface area contributed by atoms with Crippen LogP contribution in [-0.2, 0) is 15.7 Å². The number of hydrogen-bond donors (Lipinski definition) is 1. The first kappa shape index (κ1) is 30.5. The molecule has 1 fully saturated rings. The van der Waals surface area contributed by atoms with E-state index in [0.717, 1.165) is 47.9 Å². The number of Topliss-reactive ketones (excluding diaryl/α,β-unsaturated/α-hetero) is 1. The zero-order valence-corrected chi connectivity index (χ0v) is 23.7. The SMILES string of the molecule is CCOc1cc(N(NC(=O)CC(=O)c2cccc(-c3ccnc(C4CC4)c3)c2)C(=O)OC(C)(C)C)ccc1C(F)(F)F. The van der Waals surface area contributed by atoms with Crippen molar-refractivity contribution >= 4 is 23.5 Å². The van der Waals surface area contributed by atoms with E-state index >= 15 is 0 Å². The minimum atomic E-state index is -4.71. The highest BCUT2D eigenvalue weighted by Crippen LogP contribution is 2.40. The van der Waals surface area contributed by atoms with E-state index < -0.39 is 47.3 Å². The van der Waals surface area contributed by atoms with Gasteiger partial charge in [0, 0.05) is 29.4 Å². The average molecular weight is 584 g/mol.